The van der Waals surface area contributed by atoms with Crippen LogP contribution in [0.5, 0.6) is 5.75 Å². The lowest BCUT2D eigenvalue weighted by Crippen LogP contribution is -2.04. The predicted molar refractivity (Wildman–Crippen MR) is 80.3 cm³/mol. The number of allylic oxidation sites excluding steroid dienone is 1. The van der Waals surface area contributed by atoms with Crippen LogP contribution in [0, 0.1) is 6.92 Å². The molecule has 0 unspecified atom stereocenters. The van der Waals surface area contributed by atoms with Crippen LogP contribution in [0.4, 0.5) is 0 Å². The normalized spacial score (nSPS) is 11.1. The number of para-hydroxylation sites is 1. The van der Waals surface area contributed by atoms with Gasteiger partial charge in [-0.15, -0.1) is 6.58 Å². The molecule has 0 aliphatic rings. The van der Waals surface area contributed by atoms with Crippen LogP contribution in [-0.4, -0.2) is 5.11 Å². The SMILES string of the molecule is C=CCc1c(C)cc2oc3ccccc3c(=O)c2c1O. The summed E-state index contributed by atoms with van der Waals surface area (Å²) in [5.74, 6) is -0.000553. The highest BCUT2D eigenvalue weighted by atomic mass is 16.3. The number of rotatable bonds is 2. The summed E-state index contributed by atoms with van der Waals surface area (Å²) in [6.45, 7) is 5.56. The highest BCUT2D eigenvalue weighted by molar-refractivity contribution is 5.94. The van der Waals surface area contributed by atoms with Gasteiger partial charge in [0.2, 0.25) is 5.43 Å². The highest BCUT2D eigenvalue weighted by Crippen LogP contribution is 2.31. The van der Waals surface area contributed by atoms with E-state index in [1.54, 1.807) is 30.3 Å². The van der Waals surface area contributed by atoms with E-state index in [0.29, 0.717) is 23.0 Å². The van der Waals surface area contributed by atoms with Gasteiger partial charge in [-0.3, -0.25) is 4.79 Å². The lowest BCUT2D eigenvalue weighted by Gasteiger charge is -2.10. The van der Waals surface area contributed by atoms with Crippen molar-refractivity contribution in [2.75, 3.05) is 0 Å². The van der Waals surface area contributed by atoms with Gasteiger partial charge in [0.15, 0.2) is 0 Å². The van der Waals surface area contributed by atoms with Gasteiger partial charge in [-0.05, 0) is 37.1 Å². The molecule has 3 rings (SSSR count). The number of phenols is 1. The molecule has 0 aliphatic carbocycles. The van der Waals surface area contributed by atoms with Crippen LogP contribution in [0.1, 0.15) is 11.1 Å². The van der Waals surface area contributed by atoms with Crippen molar-refractivity contribution < 1.29 is 9.52 Å². The van der Waals surface area contributed by atoms with E-state index in [2.05, 4.69) is 6.58 Å². The zero-order valence-corrected chi connectivity index (χ0v) is 11.1. The number of hydrogen-bond donors (Lipinski definition) is 1. The molecule has 0 saturated heterocycles. The Morgan fingerprint density at radius 1 is 1.30 bits per heavy atom. The Hall–Kier alpha value is -2.55. The van der Waals surface area contributed by atoms with Crippen molar-refractivity contribution in [3.8, 4) is 5.75 Å². The van der Waals surface area contributed by atoms with Crippen LogP contribution in [0.15, 0.2) is 52.2 Å². The average Bonchev–Trinajstić information content (AvgIpc) is 2.43. The van der Waals surface area contributed by atoms with Gasteiger partial charge in [0.05, 0.1) is 5.39 Å². The summed E-state index contributed by atoms with van der Waals surface area (Å²) < 4.78 is 5.74. The standard InChI is InChI=1S/C17H14O3/c1-3-6-11-10(2)9-14-15(16(11)18)17(19)12-7-4-5-8-13(12)20-14/h3-5,7-9,18H,1,6H2,2H3. The molecule has 100 valence electrons. The molecule has 0 fully saturated rings. The van der Waals surface area contributed by atoms with E-state index in [4.69, 9.17) is 4.42 Å². The summed E-state index contributed by atoms with van der Waals surface area (Å²) in [7, 11) is 0. The first kappa shape index (κ1) is 12.5. The fourth-order valence-corrected chi connectivity index (χ4v) is 2.51. The molecule has 0 radical (unpaired) electrons. The van der Waals surface area contributed by atoms with Gasteiger partial charge >= 0.3 is 0 Å². The van der Waals surface area contributed by atoms with Crippen molar-refractivity contribution >= 4 is 21.9 Å². The topological polar surface area (TPSA) is 50.4 Å². The monoisotopic (exact) mass is 266 g/mol. The first-order valence-corrected chi connectivity index (χ1v) is 6.41. The zero-order valence-electron chi connectivity index (χ0n) is 11.1. The molecule has 1 N–H and O–H groups in total. The van der Waals surface area contributed by atoms with E-state index in [1.807, 2.05) is 13.0 Å². The molecule has 2 aromatic carbocycles. The summed E-state index contributed by atoms with van der Waals surface area (Å²) >= 11 is 0. The largest absolute Gasteiger partial charge is 0.507 e. The number of aryl methyl sites for hydroxylation is 1. The summed E-state index contributed by atoms with van der Waals surface area (Å²) in [5, 5.41) is 11.1. The summed E-state index contributed by atoms with van der Waals surface area (Å²) in [4.78, 5) is 12.5. The highest BCUT2D eigenvalue weighted by Gasteiger charge is 2.16. The van der Waals surface area contributed by atoms with E-state index in [9.17, 15) is 9.90 Å². The molecule has 0 aliphatic heterocycles. The average molecular weight is 266 g/mol. The van der Waals surface area contributed by atoms with Crippen molar-refractivity contribution in [1.29, 1.82) is 0 Å². The maximum atomic E-state index is 12.5. The van der Waals surface area contributed by atoms with E-state index in [1.165, 1.54) is 0 Å². The fourth-order valence-electron chi connectivity index (χ4n) is 2.51. The fraction of sp³-hybridized carbons (Fsp3) is 0.118. The van der Waals surface area contributed by atoms with Crippen LogP contribution in [0.2, 0.25) is 0 Å². The lowest BCUT2D eigenvalue weighted by molar-refractivity contribution is 0.474. The first-order valence-electron chi connectivity index (χ1n) is 6.41. The number of phenolic OH excluding ortho intramolecular Hbond substituents is 1. The molecule has 3 nitrogen and oxygen atoms in total. The van der Waals surface area contributed by atoms with Crippen LogP contribution >= 0.6 is 0 Å². The molecule has 0 saturated carbocycles. The van der Waals surface area contributed by atoms with Crippen LogP contribution in [0.3, 0.4) is 0 Å². The third kappa shape index (κ3) is 1.71. The lowest BCUT2D eigenvalue weighted by atomic mass is 10.00. The molecule has 1 aromatic heterocycles. The molecular formula is C17H14O3. The van der Waals surface area contributed by atoms with Crippen LogP contribution in [-0.2, 0) is 6.42 Å². The third-order valence-corrected chi connectivity index (χ3v) is 3.52. The summed E-state index contributed by atoms with van der Waals surface area (Å²) in [5.41, 5.74) is 2.34. The Morgan fingerprint density at radius 3 is 2.80 bits per heavy atom. The molecule has 3 aromatic rings. The number of hydrogen-bond acceptors (Lipinski definition) is 3. The van der Waals surface area contributed by atoms with Gasteiger partial charge in [0.1, 0.15) is 22.3 Å². The van der Waals surface area contributed by atoms with Gasteiger partial charge in [-0.25, -0.2) is 0 Å². The first-order chi connectivity index (χ1) is 9.63. The minimum absolute atomic E-state index is 0.000553. The van der Waals surface area contributed by atoms with Gasteiger partial charge in [0.25, 0.3) is 0 Å². The summed E-state index contributed by atoms with van der Waals surface area (Å²) in [6, 6.07) is 8.84. The van der Waals surface area contributed by atoms with E-state index < -0.39 is 0 Å². The molecule has 0 amide bonds. The Balaban J connectivity index is 2.53. The van der Waals surface area contributed by atoms with E-state index in [-0.39, 0.29) is 16.6 Å². The summed E-state index contributed by atoms with van der Waals surface area (Å²) in [6.07, 6.45) is 2.22. The molecule has 0 spiro atoms. The van der Waals surface area contributed by atoms with E-state index >= 15 is 0 Å². The minimum Gasteiger partial charge on any atom is -0.507 e. The maximum absolute atomic E-state index is 12.5. The second-order valence-corrected chi connectivity index (χ2v) is 4.81. The van der Waals surface area contributed by atoms with Crippen molar-refractivity contribution in [1.82, 2.24) is 0 Å². The van der Waals surface area contributed by atoms with Crippen molar-refractivity contribution in [2.45, 2.75) is 13.3 Å². The second-order valence-electron chi connectivity index (χ2n) is 4.81. The van der Waals surface area contributed by atoms with E-state index in [0.717, 1.165) is 11.1 Å². The second kappa shape index (κ2) is 4.53. The van der Waals surface area contributed by atoms with Crippen molar-refractivity contribution in [3.63, 3.8) is 0 Å². The van der Waals surface area contributed by atoms with Crippen molar-refractivity contribution in [3.05, 3.63) is 64.3 Å². The van der Waals surface area contributed by atoms with Gasteiger partial charge in [-0.1, -0.05) is 18.2 Å². The van der Waals surface area contributed by atoms with Gasteiger partial charge in [-0.2, -0.15) is 0 Å². The Labute approximate surface area is 115 Å². The Bertz CT molecular complexity index is 888. The molecule has 0 atom stereocenters. The van der Waals surface area contributed by atoms with Crippen LogP contribution in [0.25, 0.3) is 21.9 Å². The molecular weight excluding hydrogens is 252 g/mol. The maximum Gasteiger partial charge on any atom is 0.204 e. The Morgan fingerprint density at radius 2 is 2.05 bits per heavy atom. The number of benzene rings is 2. The van der Waals surface area contributed by atoms with Gasteiger partial charge in [0, 0.05) is 5.56 Å². The zero-order chi connectivity index (χ0) is 14.3. The quantitative estimate of drug-likeness (QED) is 0.568. The number of aromatic hydroxyl groups is 1. The molecule has 3 heteroatoms. The molecule has 20 heavy (non-hydrogen) atoms. The smallest absolute Gasteiger partial charge is 0.204 e. The molecule has 1 heterocycles. The van der Waals surface area contributed by atoms with Crippen molar-refractivity contribution in [2.24, 2.45) is 0 Å². The van der Waals surface area contributed by atoms with Gasteiger partial charge < -0.3 is 9.52 Å². The predicted octanol–water partition coefficient (Wildman–Crippen LogP) is 3.69. The van der Waals surface area contributed by atoms with Crippen LogP contribution < -0.4 is 5.43 Å². The number of fused-ring (bicyclic) bond motifs is 2. The minimum atomic E-state index is -0.204. The Kier molecular flexibility index (Phi) is 2.83. The molecule has 0 bridgehead atoms. The third-order valence-electron chi connectivity index (χ3n) is 3.52.